The molecule has 1 heterocycles. The monoisotopic (exact) mass is 197 g/mol. The van der Waals surface area contributed by atoms with Crippen molar-refractivity contribution in [2.24, 2.45) is 0 Å². The first-order valence-corrected chi connectivity index (χ1v) is 4.15. The molecule has 1 aromatic rings. The van der Waals surface area contributed by atoms with E-state index in [2.05, 4.69) is 15.2 Å². The van der Waals surface area contributed by atoms with Crippen molar-refractivity contribution in [3.8, 4) is 0 Å². The van der Waals surface area contributed by atoms with Gasteiger partial charge in [0.05, 0.1) is 0 Å². The number of rotatable bonds is 2. The average Bonchev–Trinajstić information content (AvgIpc) is 2.35. The largest absolute Gasteiger partial charge is 0.453 e. The molecule has 0 atom stereocenters. The first-order valence-electron chi connectivity index (χ1n) is 3.16. The van der Waals surface area contributed by atoms with Crippen LogP contribution in [-0.2, 0) is 6.18 Å². The van der Waals surface area contributed by atoms with Gasteiger partial charge in [0.25, 0.3) is 5.82 Å². The zero-order chi connectivity index (χ0) is 9.19. The second kappa shape index (κ2) is 3.34. The molecule has 0 aliphatic heterocycles. The van der Waals surface area contributed by atoms with Crippen molar-refractivity contribution in [1.82, 2.24) is 15.2 Å². The van der Waals surface area contributed by atoms with Crippen molar-refractivity contribution in [3.05, 3.63) is 5.82 Å². The Kier molecular flexibility index (Phi) is 2.61. The van der Waals surface area contributed by atoms with E-state index in [9.17, 15) is 13.2 Å². The minimum atomic E-state index is -4.46. The summed E-state index contributed by atoms with van der Waals surface area (Å²) in [6, 6.07) is 0. The molecule has 0 bridgehead atoms. The first-order chi connectivity index (χ1) is 5.54. The molecular weight excluding hydrogens is 191 g/mol. The minimum Gasteiger partial charge on any atom is -0.254 e. The van der Waals surface area contributed by atoms with Gasteiger partial charge in [0.2, 0.25) is 0 Å². The molecule has 0 unspecified atom stereocenters. The SMILES string of the molecule is CCSc1nc(C(F)(F)F)n[nH]1. The summed E-state index contributed by atoms with van der Waals surface area (Å²) < 4.78 is 35.7. The average molecular weight is 197 g/mol. The summed E-state index contributed by atoms with van der Waals surface area (Å²) in [7, 11) is 0. The van der Waals surface area contributed by atoms with Crippen LogP contribution >= 0.6 is 11.8 Å². The molecule has 1 rings (SSSR count). The van der Waals surface area contributed by atoms with E-state index in [0.717, 1.165) is 0 Å². The van der Waals surface area contributed by atoms with Gasteiger partial charge in [-0.25, -0.2) is 0 Å². The molecule has 0 spiro atoms. The van der Waals surface area contributed by atoms with E-state index in [1.165, 1.54) is 11.8 Å². The van der Waals surface area contributed by atoms with Crippen molar-refractivity contribution in [2.75, 3.05) is 5.75 Å². The molecule has 0 aliphatic rings. The normalized spacial score (nSPS) is 12.0. The molecule has 68 valence electrons. The van der Waals surface area contributed by atoms with Gasteiger partial charge in [0, 0.05) is 0 Å². The highest BCUT2D eigenvalue weighted by atomic mass is 32.2. The standard InChI is InChI=1S/C5H6F3N3S/c1-2-12-4-9-3(10-11-4)5(6,7)8/h2H2,1H3,(H,9,10,11). The molecule has 3 nitrogen and oxygen atoms in total. The number of nitrogens with one attached hydrogen (secondary N) is 1. The van der Waals surface area contributed by atoms with Gasteiger partial charge >= 0.3 is 6.18 Å². The fourth-order valence-corrected chi connectivity index (χ4v) is 1.11. The molecule has 0 aromatic carbocycles. The van der Waals surface area contributed by atoms with Gasteiger partial charge in [-0.3, -0.25) is 5.10 Å². The Hall–Kier alpha value is -0.720. The Labute approximate surface area is 70.8 Å². The second-order valence-corrected chi connectivity index (χ2v) is 3.15. The van der Waals surface area contributed by atoms with Gasteiger partial charge in [-0.15, -0.1) is 5.10 Å². The predicted octanol–water partition coefficient (Wildman–Crippen LogP) is 1.94. The van der Waals surface area contributed by atoms with Crippen LogP contribution < -0.4 is 0 Å². The lowest BCUT2D eigenvalue weighted by molar-refractivity contribution is -0.144. The minimum absolute atomic E-state index is 0.199. The third kappa shape index (κ3) is 2.13. The van der Waals surface area contributed by atoms with Crippen LogP contribution in [0.25, 0.3) is 0 Å². The summed E-state index contributed by atoms with van der Waals surface area (Å²) in [5.74, 6) is -0.453. The molecule has 7 heteroatoms. The number of hydrogen-bond donors (Lipinski definition) is 1. The molecule has 0 saturated carbocycles. The van der Waals surface area contributed by atoms with Crippen molar-refractivity contribution < 1.29 is 13.2 Å². The van der Waals surface area contributed by atoms with Crippen LogP contribution in [0, 0.1) is 0 Å². The number of alkyl halides is 3. The van der Waals surface area contributed by atoms with Crippen molar-refractivity contribution in [1.29, 1.82) is 0 Å². The quantitative estimate of drug-likeness (QED) is 0.736. The Morgan fingerprint density at radius 2 is 2.17 bits per heavy atom. The smallest absolute Gasteiger partial charge is 0.254 e. The van der Waals surface area contributed by atoms with E-state index in [1.54, 1.807) is 0 Å². The predicted molar refractivity (Wildman–Crippen MR) is 37.8 cm³/mol. The van der Waals surface area contributed by atoms with Crippen LogP contribution in [0.3, 0.4) is 0 Å². The van der Waals surface area contributed by atoms with E-state index in [4.69, 9.17) is 0 Å². The summed E-state index contributed by atoms with van der Waals surface area (Å²) >= 11 is 1.18. The molecule has 0 saturated heterocycles. The maximum atomic E-state index is 11.9. The molecule has 0 amide bonds. The number of aromatic amines is 1. The van der Waals surface area contributed by atoms with Crippen LogP contribution in [0.15, 0.2) is 5.16 Å². The van der Waals surface area contributed by atoms with Gasteiger partial charge in [0.15, 0.2) is 5.16 Å². The van der Waals surface area contributed by atoms with Crippen LogP contribution in [0.4, 0.5) is 13.2 Å². The number of nitrogens with zero attached hydrogens (tertiary/aromatic N) is 2. The third-order valence-electron chi connectivity index (χ3n) is 0.999. The molecule has 1 N–H and O–H groups in total. The molecule has 12 heavy (non-hydrogen) atoms. The Bertz CT molecular complexity index is 257. The highest BCUT2D eigenvalue weighted by Gasteiger charge is 2.35. The fraction of sp³-hybridized carbons (Fsp3) is 0.600. The fourth-order valence-electron chi connectivity index (χ4n) is 0.575. The van der Waals surface area contributed by atoms with Gasteiger partial charge < -0.3 is 0 Å². The van der Waals surface area contributed by atoms with E-state index >= 15 is 0 Å². The lowest BCUT2D eigenvalue weighted by Crippen LogP contribution is -2.07. The van der Waals surface area contributed by atoms with Crippen LogP contribution in [-0.4, -0.2) is 20.9 Å². The summed E-state index contributed by atoms with van der Waals surface area (Å²) in [4.78, 5) is 3.24. The van der Waals surface area contributed by atoms with E-state index < -0.39 is 12.0 Å². The topological polar surface area (TPSA) is 41.6 Å². The zero-order valence-corrected chi connectivity index (χ0v) is 6.96. The lowest BCUT2D eigenvalue weighted by Gasteiger charge is -1.96. The van der Waals surface area contributed by atoms with Gasteiger partial charge in [-0.2, -0.15) is 18.2 Å². The number of thioether (sulfide) groups is 1. The van der Waals surface area contributed by atoms with Gasteiger partial charge in [-0.1, -0.05) is 18.7 Å². The molecular formula is C5H6F3N3S. The van der Waals surface area contributed by atoms with E-state index in [0.29, 0.717) is 5.75 Å². The second-order valence-electron chi connectivity index (χ2n) is 1.89. The number of H-pyrrole nitrogens is 1. The Balaban J connectivity index is 2.77. The van der Waals surface area contributed by atoms with Crippen molar-refractivity contribution in [2.45, 2.75) is 18.3 Å². The van der Waals surface area contributed by atoms with E-state index in [1.807, 2.05) is 6.92 Å². The maximum absolute atomic E-state index is 11.9. The highest BCUT2D eigenvalue weighted by molar-refractivity contribution is 7.99. The molecule has 1 aromatic heterocycles. The Morgan fingerprint density at radius 1 is 1.50 bits per heavy atom. The van der Waals surface area contributed by atoms with Gasteiger partial charge in [-0.05, 0) is 5.75 Å². The number of aromatic nitrogens is 3. The third-order valence-corrected chi connectivity index (χ3v) is 1.74. The summed E-state index contributed by atoms with van der Waals surface area (Å²) in [5, 5.41) is 5.42. The lowest BCUT2D eigenvalue weighted by atomic mass is 10.6. The van der Waals surface area contributed by atoms with Crippen LogP contribution in [0.2, 0.25) is 0 Å². The van der Waals surface area contributed by atoms with Gasteiger partial charge in [0.1, 0.15) is 0 Å². The van der Waals surface area contributed by atoms with Crippen LogP contribution in [0.5, 0.6) is 0 Å². The number of halogens is 3. The summed E-state index contributed by atoms with van der Waals surface area (Å²) in [6.07, 6.45) is -4.46. The summed E-state index contributed by atoms with van der Waals surface area (Å²) in [6.45, 7) is 1.82. The molecule has 0 aliphatic carbocycles. The zero-order valence-electron chi connectivity index (χ0n) is 6.14. The number of hydrogen-bond acceptors (Lipinski definition) is 3. The highest BCUT2D eigenvalue weighted by Crippen LogP contribution is 2.26. The maximum Gasteiger partial charge on any atom is 0.453 e. The van der Waals surface area contributed by atoms with Crippen molar-refractivity contribution in [3.63, 3.8) is 0 Å². The first kappa shape index (κ1) is 9.37. The Morgan fingerprint density at radius 3 is 2.58 bits per heavy atom. The summed E-state index contributed by atoms with van der Waals surface area (Å²) in [5.41, 5.74) is 0. The molecule has 0 fully saturated rings. The van der Waals surface area contributed by atoms with Crippen LogP contribution in [0.1, 0.15) is 12.7 Å². The van der Waals surface area contributed by atoms with E-state index in [-0.39, 0.29) is 5.16 Å². The molecule has 0 radical (unpaired) electrons. The van der Waals surface area contributed by atoms with Crippen molar-refractivity contribution >= 4 is 11.8 Å².